The normalized spacial score (nSPS) is 19.0. The minimum atomic E-state index is -3.02. The quantitative estimate of drug-likeness (QED) is 0.731. The molecule has 2 rings (SSSR count). The van der Waals surface area contributed by atoms with Gasteiger partial charge < -0.3 is 10.1 Å². The Balaban J connectivity index is 1.60. The molecule has 0 unspecified atom stereocenters. The lowest BCUT2D eigenvalue weighted by Crippen LogP contribution is -2.30. The van der Waals surface area contributed by atoms with E-state index in [0.29, 0.717) is 19.4 Å². The van der Waals surface area contributed by atoms with Crippen LogP contribution in [0, 0.1) is 11.7 Å². The van der Waals surface area contributed by atoms with Crippen LogP contribution in [0.4, 0.5) is 4.39 Å². The molecule has 0 aliphatic carbocycles. The third-order valence-electron chi connectivity index (χ3n) is 3.80. The molecule has 1 amide bonds. The van der Waals surface area contributed by atoms with E-state index in [-0.39, 0.29) is 36.3 Å². The van der Waals surface area contributed by atoms with Crippen LogP contribution in [0.15, 0.2) is 24.3 Å². The summed E-state index contributed by atoms with van der Waals surface area (Å²) in [5.74, 6) is -1.41. The SMILES string of the molecule is O=C(COC(=O)C[C@@H]1CCS(=O)(=O)C1)NCCc1ccc(F)cc1. The van der Waals surface area contributed by atoms with Crippen molar-refractivity contribution >= 4 is 21.7 Å². The van der Waals surface area contributed by atoms with Gasteiger partial charge in [0.15, 0.2) is 16.4 Å². The van der Waals surface area contributed by atoms with Crippen LogP contribution in [-0.2, 0) is 30.6 Å². The number of sulfone groups is 1. The maximum atomic E-state index is 12.7. The Kier molecular flexibility index (Phi) is 6.30. The van der Waals surface area contributed by atoms with Crippen molar-refractivity contribution in [2.45, 2.75) is 19.3 Å². The standard InChI is InChI=1S/C16H20FNO5S/c17-14-3-1-12(2-4-14)5-7-18-15(19)10-23-16(20)9-13-6-8-24(21,22)11-13/h1-4,13H,5-11H2,(H,18,19)/t13-/m0/s1. The van der Waals surface area contributed by atoms with E-state index < -0.39 is 21.7 Å². The van der Waals surface area contributed by atoms with E-state index in [2.05, 4.69) is 5.32 Å². The summed E-state index contributed by atoms with van der Waals surface area (Å²) in [5, 5.41) is 2.60. The highest BCUT2D eigenvalue weighted by Gasteiger charge is 2.29. The third kappa shape index (κ3) is 6.27. The monoisotopic (exact) mass is 357 g/mol. The molecule has 1 saturated heterocycles. The summed E-state index contributed by atoms with van der Waals surface area (Å²) < 4.78 is 40.2. The second-order valence-electron chi connectivity index (χ2n) is 5.86. The highest BCUT2D eigenvalue weighted by molar-refractivity contribution is 7.91. The molecule has 1 aromatic carbocycles. The molecular formula is C16H20FNO5S. The zero-order chi connectivity index (χ0) is 17.6. The van der Waals surface area contributed by atoms with Gasteiger partial charge in [0.1, 0.15) is 5.82 Å². The smallest absolute Gasteiger partial charge is 0.306 e. The van der Waals surface area contributed by atoms with Gasteiger partial charge in [0.05, 0.1) is 11.5 Å². The van der Waals surface area contributed by atoms with Crippen LogP contribution in [0.25, 0.3) is 0 Å². The minimum Gasteiger partial charge on any atom is -0.456 e. The van der Waals surface area contributed by atoms with Crippen molar-refractivity contribution < 1.29 is 27.1 Å². The Morgan fingerprint density at radius 2 is 1.96 bits per heavy atom. The van der Waals surface area contributed by atoms with Gasteiger partial charge in [-0.2, -0.15) is 0 Å². The fraction of sp³-hybridized carbons (Fsp3) is 0.500. The maximum Gasteiger partial charge on any atom is 0.306 e. The summed E-state index contributed by atoms with van der Waals surface area (Å²) in [6, 6.07) is 5.97. The number of halogens is 1. The van der Waals surface area contributed by atoms with Crippen molar-refractivity contribution in [3.8, 4) is 0 Å². The molecule has 1 N–H and O–H groups in total. The second-order valence-corrected chi connectivity index (χ2v) is 8.09. The zero-order valence-electron chi connectivity index (χ0n) is 13.2. The van der Waals surface area contributed by atoms with Gasteiger partial charge in [-0.1, -0.05) is 12.1 Å². The summed E-state index contributed by atoms with van der Waals surface area (Å²) >= 11 is 0. The fourth-order valence-corrected chi connectivity index (χ4v) is 4.38. The van der Waals surface area contributed by atoms with Crippen LogP contribution in [-0.4, -0.2) is 45.0 Å². The van der Waals surface area contributed by atoms with Crippen molar-refractivity contribution in [1.29, 1.82) is 0 Å². The maximum absolute atomic E-state index is 12.7. The Morgan fingerprint density at radius 1 is 1.25 bits per heavy atom. The lowest BCUT2D eigenvalue weighted by molar-refractivity contribution is -0.149. The first-order valence-electron chi connectivity index (χ1n) is 7.71. The van der Waals surface area contributed by atoms with Gasteiger partial charge in [0.25, 0.3) is 5.91 Å². The molecule has 0 spiro atoms. The molecule has 132 valence electrons. The van der Waals surface area contributed by atoms with Crippen molar-refractivity contribution in [3.63, 3.8) is 0 Å². The topological polar surface area (TPSA) is 89.5 Å². The fourth-order valence-electron chi connectivity index (χ4n) is 2.52. The zero-order valence-corrected chi connectivity index (χ0v) is 14.0. The van der Waals surface area contributed by atoms with E-state index in [1.807, 2.05) is 0 Å². The van der Waals surface area contributed by atoms with Crippen LogP contribution < -0.4 is 5.32 Å². The van der Waals surface area contributed by atoms with E-state index in [4.69, 9.17) is 4.74 Å². The van der Waals surface area contributed by atoms with Gasteiger partial charge in [0, 0.05) is 13.0 Å². The average Bonchev–Trinajstić information content (AvgIpc) is 2.86. The number of carbonyl (C=O) groups excluding carboxylic acids is 2. The molecule has 1 aliphatic rings. The molecule has 0 aromatic heterocycles. The van der Waals surface area contributed by atoms with E-state index in [1.54, 1.807) is 12.1 Å². The summed E-state index contributed by atoms with van der Waals surface area (Å²) in [6.07, 6.45) is 1.02. The number of hydrogen-bond donors (Lipinski definition) is 1. The molecular weight excluding hydrogens is 337 g/mol. The van der Waals surface area contributed by atoms with Crippen LogP contribution >= 0.6 is 0 Å². The Labute approximate surface area is 140 Å². The summed E-state index contributed by atoms with van der Waals surface area (Å²) in [6.45, 7) is -0.0371. The molecule has 6 nitrogen and oxygen atoms in total. The average molecular weight is 357 g/mol. The molecule has 1 aliphatic heterocycles. The molecule has 0 bridgehead atoms. The van der Waals surface area contributed by atoms with Crippen molar-refractivity contribution in [1.82, 2.24) is 5.32 Å². The number of amides is 1. The Bertz CT molecular complexity index is 687. The molecule has 8 heteroatoms. The highest BCUT2D eigenvalue weighted by atomic mass is 32.2. The molecule has 1 aromatic rings. The molecule has 1 fully saturated rings. The number of benzene rings is 1. The Hall–Kier alpha value is -1.96. The molecule has 24 heavy (non-hydrogen) atoms. The van der Waals surface area contributed by atoms with Gasteiger partial charge in [-0.3, -0.25) is 9.59 Å². The number of hydrogen-bond acceptors (Lipinski definition) is 5. The van der Waals surface area contributed by atoms with Crippen molar-refractivity contribution in [2.24, 2.45) is 5.92 Å². The lowest BCUT2D eigenvalue weighted by Gasteiger charge is -2.09. The van der Waals surface area contributed by atoms with E-state index >= 15 is 0 Å². The van der Waals surface area contributed by atoms with Gasteiger partial charge in [0.2, 0.25) is 0 Å². The van der Waals surface area contributed by atoms with Gasteiger partial charge in [-0.05, 0) is 36.5 Å². The summed E-state index contributed by atoms with van der Waals surface area (Å²) in [5.41, 5.74) is 0.885. The van der Waals surface area contributed by atoms with E-state index in [1.165, 1.54) is 12.1 Å². The van der Waals surface area contributed by atoms with E-state index in [9.17, 15) is 22.4 Å². The largest absolute Gasteiger partial charge is 0.456 e. The first-order valence-corrected chi connectivity index (χ1v) is 9.53. The molecule has 0 saturated carbocycles. The number of esters is 1. The van der Waals surface area contributed by atoms with Crippen molar-refractivity contribution in [2.75, 3.05) is 24.7 Å². The number of nitrogens with one attached hydrogen (secondary N) is 1. The van der Waals surface area contributed by atoms with Crippen LogP contribution in [0.1, 0.15) is 18.4 Å². The predicted molar refractivity (Wildman–Crippen MR) is 85.5 cm³/mol. The first-order chi connectivity index (χ1) is 11.3. The molecule has 1 heterocycles. The van der Waals surface area contributed by atoms with Gasteiger partial charge in [-0.25, -0.2) is 12.8 Å². The van der Waals surface area contributed by atoms with Gasteiger partial charge in [-0.15, -0.1) is 0 Å². The number of carbonyl (C=O) groups is 2. The highest BCUT2D eigenvalue weighted by Crippen LogP contribution is 2.21. The number of rotatable bonds is 7. The summed E-state index contributed by atoms with van der Waals surface area (Å²) in [7, 11) is -3.02. The Morgan fingerprint density at radius 3 is 2.58 bits per heavy atom. The second kappa shape index (κ2) is 8.23. The van der Waals surface area contributed by atoms with Gasteiger partial charge >= 0.3 is 5.97 Å². The van der Waals surface area contributed by atoms with Crippen LogP contribution in [0.3, 0.4) is 0 Å². The molecule has 1 atom stereocenters. The number of ether oxygens (including phenoxy) is 1. The summed E-state index contributed by atoms with van der Waals surface area (Å²) in [4.78, 5) is 23.2. The minimum absolute atomic E-state index is 0.00592. The predicted octanol–water partition coefficient (Wildman–Crippen LogP) is 0.852. The third-order valence-corrected chi connectivity index (χ3v) is 5.63. The van der Waals surface area contributed by atoms with Crippen LogP contribution in [0.5, 0.6) is 0 Å². The lowest BCUT2D eigenvalue weighted by atomic mass is 10.1. The van der Waals surface area contributed by atoms with Crippen molar-refractivity contribution in [3.05, 3.63) is 35.6 Å². The molecule has 0 radical (unpaired) electrons. The first kappa shape index (κ1) is 18.4. The van der Waals surface area contributed by atoms with Crippen LogP contribution in [0.2, 0.25) is 0 Å². The van der Waals surface area contributed by atoms with E-state index in [0.717, 1.165) is 5.56 Å².